The molecule has 4 aromatic rings. The minimum atomic E-state index is -0.387. The summed E-state index contributed by atoms with van der Waals surface area (Å²) >= 11 is 3.46. The zero-order chi connectivity index (χ0) is 28.2. The Balaban J connectivity index is 1.27. The summed E-state index contributed by atoms with van der Waals surface area (Å²) in [4.78, 5) is 17.4. The van der Waals surface area contributed by atoms with Crippen LogP contribution in [0.4, 0.5) is 11.4 Å². The summed E-state index contributed by atoms with van der Waals surface area (Å²) in [5.74, 6) is 0. The second-order valence-corrected chi connectivity index (χ2v) is 11.8. The first-order valence-corrected chi connectivity index (χ1v) is 15.0. The van der Waals surface area contributed by atoms with Crippen LogP contribution in [0.5, 0.6) is 0 Å². The zero-order valence-corrected chi connectivity index (χ0v) is 24.2. The van der Waals surface area contributed by atoms with Crippen molar-refractivity contribution in [2.45, 2.75) is 25.7 Å². The van der Waals surface area contributed by atoms with Crippen molar-refractivity contribution in [2.75, 3.05) is 25.1 Å². The van der Waals surface area contributed by atoms with E-state index in [1.54, 1.807) is 34.8 Å². The van der Waals surface area contributed by atoms with Gasteiger partial charge in [0.1, 0.15) is 0 Å². The van der Waals surface area contributed by atoms with Gasteiger partial charge in [-0.2, -0.15) is 0 Å². The average molecular weight is 571 g/mol. The molecule has 0 unspecified atom stereocenters. The van der Waals surface area contributed by atoms with Gasteiger partial charge in [-0.05, 0) is 96.8 Å². The number of nitrogens with zero attached hydrogens (tertiary/aromatic N) is 2. The molecule has 0 aliphatic carbocycles. The molecule has 0 fully saturated rings. The Morgan fingerprint density at radius 3 is 1.60 bits per heavy atom. The lowest BCUT2D eigenvalue weighted by atomic mass is 10.1. The minimum absolute atomic E-state index is 0.100. The van der Waals surface area contributed by atoms with Gasteiger partial charge in [0.25, 0.3) is 5.69 Å². The van der Waals surface area contributed by atoms with Gasteiger partial charge in [0.15, 0.2) is 0 Å². The Kier molecular flexibility index (Phi) is 11.0. The number of nitro benzene ring substituents is 1. The van der Waals surface area contributed by atoms with Crippen molar-refractivity contribution in [1.29, 1.82) is 0 Å². The van der Waals surface area contributed by atoms with E-state index in [0.29, 0.717) is 6.61 Å². The fraction of sp³-hybridized carbons (Fsp3) is 0.212. The van der Waals surface area contributed by atoms with E-state index in [1.165, 1.54) is 38.0 Å². The zero-order valence-electron chi connectivity index (χ0n) is 22.6. The fourth-order valence-electron chi connectivity index (χ4n) is 4.11. The van der Waals surface area contributed by atoms with E-state index in [1.807, 2.05) is 12.2 Å². The molecule has 4 rings (SSSR count). The number of aliphatic hydroxyl groups is 1. The van der Waals surface area contributed by atoms with Crippen molar-refractivity contribution < 1.29 is 10.0 Å². The highest BCUT2D eigenvalue weighted by Gasteiger charge is 2.03. The molecule has 5 nitrogen and oxygen atoms in total. The summed E-state index contributed by atoms with van der Waals surface area (Å²) in [5, 5.41) is 19.7. The lowest BCUT2D eigenvalue weighted by molar-refractivity contribution is -0.384. The molecule has 0 aliphatic rings. The predicted molar refractivity (Wildman–Crippen MR) is 174 cm³/mol. The van der Waals surface area contributed by atoms with E-state index in [2.05, 4.69) is 84.8 Å². The quantitative estimate of drug-likeness (QED) is 0.0932. The molecule has 40 heavy (non-hydrogen) atoms. The molecule has 0 saturated carbocycles. The molecule has 0 atom stereocenters. The van der Waals surface area contributed by atoms with E-state index in [-0.39, 0.29) is 10.6 Å². The van der Waals surface area contributed by atoms with Crippen molar-refractivity contribution in [2.24, 2.45) is 0 Å². The van der Waals surface area contributed by atoms with Crippen LogP contribution in [0.25, 0.3) is 36.5 Å². The predicted octanol–water partition coefficient (Wildman–Crippen LogP) is 9.22. The number of thiophene rings is 2. The number of benzene rings is 2. The molecule has 0 aliphatic heterocycles. The Morgan fingerprint density at radius 1 is 0.675 bits per heavy atom. The molecule has 0 bridgehead atoms. The van der Waals surface area contributed by atoms with Gasteiger partial charge in [0, 0.05) is 57.5 Å². The molecule has 206 valence electrons. The first-order chi connectivity index (χ1) is 19.5. The van der Waals surface area contributed by atoms with Gasteiger partial charge in [-0.1, -0.05) is 37.1 Å². The monoisotopic (exact) mass is 570 g/mol. The second kappa shape index (κ2) is 15.1. The van der Waals surface area contributed by atoms with Crippen molar-refractivity contribution >= 4 is 70.5 Å². The fourth-order valence-corrected chi connectivity index (χ4v) is 5.74. The number of aliphatic hydroxyl groups excluding tert-OH is 1. The van der Waals surface area contributed by atoms with Gasteiger partial charge in [0.2, 0.25) is 0 Å². The van der Waals surface area contributed by atoms with Crippen LogP contribution in [0.3, 0.4) is 0 Å². The van der Waals surface area contributed by atoms with Crippen LogP contribution in [-0.4, -0.2) is 30.2 Å². The van der Waals surface area contributed by atoms with E-state index in [9.17, 15) is 10.1 Å². The minimum Gasteiger partial charge on any atom is -0.396 e. The van der Waals surface area contributed by atoms with Gasteiger partial charge in [-0.15, -0.1) is 22.7 Å². The lowest BCUT2D eigenvalue weighted by Gasteiger charge is -2.19. The van der Waals surface area contributed by atoms with E-state index >= 15 is 0 Å². The van der Waals surface area contributed by atoms with Crippen molar-refractivity contribution in [3.63, 3.8) is 0 Å². The Labute approximate surface area is 244 Å². The standard InChI is InChI=1S/C33H34N2O3S2/c1-34(24-4-2-3-5-25-36)28-12-6-26(7-13-28)10-16-30-18-20-32(39-30)22-23-33-21-19-31(40-33)17-11-27-8-14-29(15-9-27)35(37)38/h6-23,36H,2-5,24-25H2,1H3/b16-10+,17-11+,23-22+. The highest BCUT2D eigenvalue weighted by atomic mass is 32.1. The number of hydrogen-bond donors (Lipinski definition) is 1. The number of non-ortho nitro benzene ring substituents is 1. The van der Waals surface area contributed by atoms with Crippen molar-refractivity contribution in [3.8, 4) is 0 Å². The van der Waals surface area contributed by atoms with E-state index in [0.717, 1.165) is 42.7 Å². The highest BCUT2D eigenvalue weighted by molar-refractivity contribution is 7.14. The third-order valence-corrected chi connectivity index (χ3v) is 8.46. The maximum Gasteiger partial charge on any atom is 0.269 e. The summed E-state index contributed by atoms with van der Waals surface area (Å²) in [6.45, 7) is 1.32. The summed E-state index contributed by atoms with van der Waals surface area (Å²) in [5.41, 5.74) is 3.43. The third kappa shape index (κ3) is 9.16. The smallest absolute Gasteiger partial charge is 0.269 e. The maximum absolute atomic E-state index is 10.8. The second-order valence-electron chi connectivity index (χ2n) is 9.48. The summed E-state index contributed by atoms with van der Waals surface area (Å²) in [6.07, 6.45) is 16.9. The molecular weight excluding hydrogens is 537 g/mol. The number of hydrogen-bond acceptors (Lipinski definition) is 6. The number of nitro groups is 1. The van der Waals surface area contributed by atoms with Crippen LogP contribution >= 0.6 is 22.7 Å². The maximum atomic E-state index is 10.8. The van der Waals surface area contributed by atoms with Gasteiger partial charge in [0.05, 0.1) is 4.92 Å². The first-order valence-electron chi connectivity index (χ1n) is 13.4. The van der Waals surface area contributed by atoms with Gasteiger partial charge in [-0.25, -0.2) is 0 Å². The van der Waals surface area contributed by atoms with E-state index in [4.69, 9.17) is 5.11 Å². The molecule has 0 spiro atoms. The summed E-state index contributed by atoms with van der Waals surface area (Å²) < 4.78 is 0. The topological polar surface area (TPSA) is 66.6 Å². The van der Waals surface area contributed by atoms with Crippen LogP contribution in [0.1, 0.15) is 56.3 Å². The Hall–Kier alpha value is -3.78. The van der Waals surface area contributed by atoms with Gasteiger partial charge in [-0.3, -0.25) is 10.1 Å². The molecule has 2 aromatic heterocycles. The normalized spacial score (nSPS) is 11.8. The molecule has 7 heteroatoms. The average Bonchev–Trinajstić information content (AvgIpc) is 3.63. The molecule has 0 radical (unpaired) electrons. The van der Waals surface area contributed by atoms with Crippen LogP contribution in [0.15, 0.2) is 72.8 Å². The lowest BCUT2D eigenvalue weighted by Crippen LogP contribution is -2.18. The largest absolute Gasteiger partial charge is 0.396 e. The molecule has 0 amide bonds. The first kappa shape index (κ1) is 29.2. The Morgan fingerprint density at radius 2 is 1.12 bits per heavy atom. The number of unbranched alkanes of at least 4 members (excludes halogenated alkanes) is 3. The van der Waals surface area contributed by atoms with Gasteiger partial charge >= 0.3 is 0 Å². The molecule has 2 aromatic carbocycles. The van der Waals surface area contributed by atoms with Crippen molar-refractivity contribution in [1.82, 2.24) is 0 Å². The SMILES string of the molecule is CN(CCCCCCO)c1ccc(/C=C/c2ccc(/C=C/c3ccc(/C=C/c4ccc([N+](=O)[O-])cc4)s3)s2)cc1. The van der Waals surface area contributed by atoms with Gasteiger partial charge < -0.3 is 10.0 Å². The molecular formula is C33H34N2O3S2. The number of anilines is 1. The van der Waals surface area contributed by atoms with E-state index < -0.39 is 0 Å². The van der Waals surface area contributed by atoms with Crippen LogP contribution in [0, 0.1) is 10.1 Å². The van der Waals surface area contributed by atoms with Crippen LogP contribution in [-0.2, 0) is 0 Å². The van der Waals surface area contributed by atoms with Crippen LogP contribution < -0.4 is 4.90 Å². The van der Waals surface area contributed by atoms with Crippen molar-refractivity contribution in [3.05, 3.63) is 114 Å². The number of rotatable bonds is 14. The highest BCUT2D eigenvalue weighted by Crippen LogP contribution is 2.25. The third-order valence-electron chi connectivity index (χ3n) is 6.43. The Bertz CT molecular complexity index is 1450. The molecule has 2 heterocycles. The molecule has 0 saturated heterocycles. The summed E-state index contributed by atoms with van der Waals surface area (Å²) in [7, 11) is 2.13. The van der Waals surface area contributed by atoms with Crippen LogP contribution in [0.2, 0.25) is 0 Å². The molecule has 1 N–H and O–H groups in total. The summed E-state index contributed by atoms with van der Waals surface area (Å²) in [6, 6.07) is 23.7.